The van der Waals surface area contributed by atoms with Crippen LogP contribution in [0.3, 0.4) is 0 Å². The number of nitriles is 1. The molecule has 0 fully saturated rings. The van der Waals surface area contributed by atoms with Crippen molar-refractivity contribution < 1.29 is 13.5 Å². The van der Waals surface area contributed by atoms with E-state index in [1.54, 1.807) is 13.0 Å². The van der Waals surface area contributed by atoms with Crippen LogP contribution in [0.2, 0.25) is 0 Å². The van der Waals surface area contributed by atoms with Crippen molar-refractivity contribution in [2.24, 2.45) is 0 Å². The highest BCUT2D eigenvalue weighted by atomic mass is 32.2. The summed E-state index contributed by atoms with van der Waals surface area (Å²) in [5, 5.41) is 18.5. The third-order valence-electron chi connectivity index (χ3n) is 2.67. The molecule has 0 aliphatic rings. The number of aromatic hydroxyl groups is 1. The Morgan fingerprint density at radius 1 is 1.20 bits per heavy atom. The third-order valence-corrected chi connectivity index (χ3v) is 4.03. The van der Waals surface area contributed by atoms with Gasteiger partial charge in [-0.1, -0.05) is 12.1 Å². The van der Waals surface area contributed by atoms with Crippen LogP contribution in [0, 0.1) is 18.3 Å². The maximum Gasteiger partial charge on any atom is 0.262 e. The maximum atomic E-state index is 12.2. The Labute approximate surface area is 117 Å². The summed E-state index contributed by atoms with van der Waals surface area (Å²) in [6.07, 6.45) is 0. The molecule has 0 amide bonds. The molecular formula is C14H12N2O3S. The predicted octanol–water partition coefficient (Wildman–Crippen LogP) is 2.37. The first-order valence-corrected chi connectivity index (χ1v) is 7.23. The van der Waals surface area contributed by atoms with Crippen molar-refractivity contribution in [1.82, 2.24) is 0 Å². The molecule has 0 spiro atoms. The molecule has 0 saturated carbocycles. The van der Waals surface area contributed by atoms with Gasteiger partial charge in [-0.05, 0) is 42.8 Å². The number of hydrogen-bond acceptors (Lipinski definition) is 4. The summed E-state index contributed by atoms with van der Waals surface area (Å²) < 4.78 is 26.7. The summed E-state index contributed by atoms with van der Waals surface area (Å²) in [4.78, 5) is -0.0301. The highest BCUT2D eigenvalue weighted by Gasteiger charge is 2.16. The van der Waals surface area contributed by atoms with E-state index < -0.39 is 10.0 Å². The maximum absolute atomic E-state index is 12.2. The monoisotopic (exact) mass is 288 g/mol. The largest absolute Gasteiger partial charge is 0.506 e. The zero-order valence-corrected chi connectivity index (χ0v) is 11.5. The second-order valence-electron chi connectivity index (χ2n) is 4.27. The molecule has 2 rings (SSSR count). The SMILES string of the molecule is Cc1ccc(O)c(NS(=O)(=O)c2cccc(C#N)c2)c1. The molecule has 20 heavy (non-hydrogen) atoms. The van der Waals surface area contributed by atoms with Crippen LogP contribution in [0.4, 0.5) is 5.69 Å². The molecule has 2 N–H and O–H groups in total. The summed E-state index contributed by atoms with van der Waals surface area (Å²) in [5.74, 6) is -0.157. The van der Waals surface area contributed by atoms with Gasteiger partial charge in [0, 0.05) is 0 Å². The molecule has 102 valence electrons. The molecule has 0 bridgehead atoms. The van der Waals surface area contributed by atoms with Crippen LogP contribution < -0.4 is 4.72 Å². The summed E-state index contributed by atoms with van der Waals surface area (Å²) in [5.41, 5.74) is 1.17. The first kappa shape index (κ1) is 13.9. The van der Waals surface area contributed by atoms with Gasteiger partial charge in [0.05, 0.1) is 22.2 Å². The summed E-state index contributed by atoms with van der Waals surface area (Å²) in [6.45, 7) is 1.79. The van der Waals surface area contributed by atoms with Crippen molar-refractivity contribution in [3.63, 3.8) is 0 Å². The number of anilines is 1. The molecule has 2 aromatic rings. The van der Waals surface area contributed by atoms with Gasteiger partial charge in [-0.2, -0.15) is 5.26 Å². The zero-order valence-electron chi connectivity index (χ0n) is 10.7. The van der Waals surface area contributed by atoms with Crippen molar-refractivity contribution in [2.45, 2.75) is 11.8 Å². The Bertz CT molecular complexity index is 792. The Hall–Kier alpha value is -2.52. The topological polar surface area (TPSA) is 90.2 Å². The van der Waals surface area contributed by atoms with Gasteiger partial charge < -0.3 is 5.11 Å². The van der Waals surface area contributed by atoms with Crippen molar-refractivity contribution in [3.05, 3.63) is 53.6 Å². The minimum absolute atomic E-state index is 0.0301. The number of aryl methyl sites for hydroxylation is 1. The van der Waals surface area contributed by atoms with Crippen molar-refractivity contribution in [2.75, 3.05) is 4.72 Å². The van der Waals surface area contributed by atoms with Crippen LogP contribution >= 0.6 is 0 Å². The normalized spacial score (nSPS) is 10.8. The number of phenols is 1. The molecule has 5 nitrogen and oxygen atoms in total. The second-order valence-corrected chi connectivity index (χ2v) is 5.95. The fraction of sp³-hybridized carbons (Fsp3) is 0.0714. The molecule has 0 atom stereocenters. The van der Waals surface area contributed by atoms with Crippen LogP contribution in [-0.2, 0) is 10.0 Å². The van der Waals surface area contributed by atoms with E-state index >= 15 is 0 Å². The van der Waals surface area contributed by atoms with Crippen molar-refractivity contribution >= 4 is 15.7 Å². The standard InChI is InChI=1S/C14H12N2O3S/c1-10-5-6-14(17)13(7-10)16-20(18,19)12-4-2-3-11(8-12)9-15/h2-8,16-17H,1H3. The van der Waals surface area contributed by atoms with E-state index in [2.05, 4.69) is 4.72 Å². The molecule has 0 radical (unpaired) electrons. The predicted molar refractivity (Wildman–Crippen MR) is 74.8 cm³/mol. The van der Waals surface area contributed by atoms with Crippen LogP contribution in [0.25, 0.3) is 0 Å². The number of nitrogens with zero attached hydrogens (tertiary/aromatic N) is 1. The summed E-state index contributed by atoms with van der Waals surface area (Å²) in [6, 6.07) is 12.2. The average molecular weight is 288 g/mol. The minimum Gasteiger partial charge on any atom is -0.506 e. The third kappa shape index (κ3) is 2.90. The van der Waals surface area contributed by atoms with Gasteiger partial charge in [0.2, 0.25) is 0 Å². The minimum atomic E-state index is -3.85. The van der Waals surface area contributed by atoms with Gasteiger partial charge in [0.15, 0.2) is 0 Å². The molecule has 0 heterocycles. The number of rotatable bonds is 3. The molecular weight excluding hydrogens is 276 g/mol. The fourth-order valence-corrected chi connectivity index (χ4v) is 2.78. The molecule has 0 aliphatic carbocycles. The molecule has 0 aliphatic heterocycles. The van der Waals surface area contributed by atoms with Crippen molar-refractivity contribution in [1.29, 1.82) is 5.26 Å². The lowest BCUT2D eigenvalue weighted by atomic mass is 10.2. The summed E-state index contributed by atoms with van der Waals surface area (Å²) in [7, 11) is -3.85. The molecule has 0 saturated heterocycles. The second kappa shape index (κ2) is 5.23. The van der Waals surface area contributed by atoms with Gasteiger partial charge >= 0.3 is 0 Å². The van der Waals surface area contributed by atoms with E-state index in [4.69, 9.17) is 5.26 Å². The lowest BCUT2D eigenvalue weighted by molar-refractivity contribution is 0.477. The van der Waals surface area contributed by atoms with Gasteiger partial charge in [-0.25, -0.2) is 8.42 Å². The number of nitrogens with one attached hydrogen (secondary N) is 1. The first-order valence-electron chi connectivity index (χ1n) is 5.75. The number of phenolic OH excluding ortho intramolecular Hbond substituents is 1. The van der Waals surface area contributed by atoms with Crippen LogP contribution in [0.15, 0.2) is 47.4 Å². The highest BCUT2D eigenvalue weighted by Crippen LogP contribution is 2.26. The molecule has 6 heteroatoms. The summed E-state index contributed by atoms with van der Waals surface area (Å²) >= 11 is 0. The van der Waals surface area contributed by atoms with Gasteiger partial charge in [0.25, 0.3) is 10.0 Å². The van der Waals surface area contributed by atoms with E-state index in [0.29, 0.717) is 0 Å². The molecule has 0 unspecified atom stereocenters. The number of benzene rings is 2. The number of sulfonamides is 1. The van der Waals surface area contributed by atoms with Crippen LogP contribution in [0.5, 0.6) is 5.75 Å². The zero-order chi connectivity index (χ0) is 14.8. The van der Waals surface area contributed by atoms with Crippen LogP contribution in [0.1, 0.15) is 11.1 Å². The highest BCUT2D eigenvalue weighted by molar-refractivity contribution is 7.92. The van der Waals surface area contributed by atoms with E-state index in [9.17, 15) is 13.5 Å². The number of hydrogen-bond donors (Lipinski definition) is 2. The van der Waals surface area contributed by atoms with Crippen LogP contribution in [-0.4, -0.2) is 13.5 Å². The van der Waals surface area contributed by atoms with E-state index in [1.807, 2.05) is 6.07 Å². The van der Waals surface area contributed by atoms with Gasteiger partial charge in [0.1, 0.15) is 5.75 Å². The Morgan fingerprint density at radius 2 is 1.95 bits per heavy atom. The lowest BCUT2D eigenvalue weighted by Gasteiger charge is -2.10. The Morgan fingerprint density at radius 3 is 2.65 bits per heavy atom. The van der Waals surface area contributed by atoms with Gasteiger partial charge in [-0.3, -0.25) is 4.72 Å². The lowest BCUT2D eigenvalue weighted by Crippen LogP contribution is -2.13. The van der Waals surface area contributed by atoms with Gasteiger partial charge in [-0.15, -0.1) is 0 Å². The van der Waals surface area contributed by atoms with E-state index in [0.717, 1.165) is 5.56 Å². The Balaban J connectivity index is 2.41. The van der Waals surface area contributed by atoms with E-state index in [1.165, 1.54) is 36.4 Å². The Kier molecular flexibility index (Phi) is 3.63. The quantitative estimate of drug-likeness (QED) is 0.848. The average Bonchev–Trinajstić information content (AvgIpc) is 2.43. The molecule has 2 aromatic carbocycles. The van der Waals surface area contributed by atoms with Crippen molar-refractivity contribution in [3.8, 4) is 11.8 Å². The fourth-order valence-electron chi connectivity index (χ4n) is 1.67. The molecule has 0 aromatic heterocycles. The van der Waals surface area contributed by atoms with E-state index in [-0.39, 0.29) is 21.9 Å². The first-order chi connectivity index (χ1) is 9.42. The smallest absolute Gasteiger partial charge is 0.262 e.